The molecular formula is C21H24N2. The maximum atomic E-state index is 7.97. The fraction of sp³-hybridized carbons (Fsp3) is 0.286. The summed E-state index contributed by atoms with van der Waals surface area (Å²) in [6.45, 7) is -12.0. The summed E-state index contributed by atoms with van der Waals surface area (Å²) in [5.41, 5.74) is 0.0302. The van der Waals surface area contributed by atoms with Gasteiger partial charge in [0, 0.05) is 34.4 Å². The first-order valence-electron chi connectivity index (χ1n) is 13.2. The van der Waals surface area contributed by atoms with Crippen LogP contribution in [0, 0.1) is 0 Å². The van der Waals surface area contributed by atoms with Gasteiger partial charge in [-0.05, 0) is 23.0 Å². The highest BCUT2D eigenvalue weighted by atomic mass is 15.1. The van der Waals surface area contributed by atoms with Gasteiger partial charge in [-0.15, -0.1) is 0 Å². The summed E-state index contributed by atoms with van der Waals surface area (Å²) in [6, 6.07) is 12.6. The van der Waals surface area contributed by atoms with Crippen LogP contribution in [-0.4, -0.2) is 9.55 Å². The zero-order valence-corrected chi connectivity index (χ0v) is 12.3. The van der Waals surface area contributed by atoms with Crippen LogP contribution >= 0.6 is 0 Å². The van der Waals surface area contributed by atoms with Crippen molar-refractivity contribution >= 4 is 0 Å². The van der Waals surface area contributed by atoms with E-state index in [9.17, 15) is 0 Å². The second kappa shape index (κ2) is 6.41. The van der Waals surface area contributed by atoms with Crippen LogP contribution < -0.4 is 0 Å². The Bertz CT molecular complexity index is 1080. The minimum Gasteiger partial charge on any atom is -0.299 e. The molecule has 3 rings (SSSR count). The van der Waals surface area contributed by atoms with Crippen molar-refractivity contribution in [3.05, 3.63) is 72.1 Å². The minimum atomic E-state index is -3.00. The zero-order chi connectivity index (χ0) is 26.4. The number of imidazole rings is 1. The summed E-state index contributed by atoms with van der Waals surface area (Å²) in [6.07, 6.45) is 2.82. The summed E-state index contributed by atoms with van der Waals surface area (Å²) >= 11 is 0. The highest BCUT2D eigenvalue weighted by Crippen LogP contribution is 2.33. The van der Waals surface area contributed by atoms with Gasteiger partial charge in [-0.1, -0.05) is 75.9 Å². The average Bonchev–Trinajstić information content (AvgIpc) is 3.14. The predicted octanol–water partition coefficient (Wildman–Crippen LogP) is 5.79. The van der Waals surface area contributed by atoms with Crippen molar-refractivity contribution in [2.24, 2.45) is 0 Å². The number of nitrogens with zero attached hydrogens (tertiary/aromatic N) is 2. The molecule has 0 bridgehead atoms. The molecule has 118 valence electrons. The first-order valence-corrected chi connectivity index (χ1v) is 7.16. The highest BCUT2D eigenvalue weighted by Gasteiger charge is 2.18. The molecule has 2 aromatic carbocycles. The molecule has 1 aromatic heterocycles. The van der Waals surface area contributed by atoms with Crippen molar-refractivity contribution in [3.8, 4) is 17.1 Å². The molecule has 0 unspecified atom stereocenters. The maximum absolute atomic E-state index is 7.97. The molecule has 0 saturated heterocycles. The van der Waals surface area contributed by atoms with E-state index in [2.05, 4.69) is 4.98 Å². The van der Waals surface area contributed by atoms with Gasteiger partial charge in [-0.3, -0.25) is 4.57 Å². The highest BCUT2D eigenvalue weighted by molar-refractivity contribution is 5.62. The average molecular weight is 317 g/mol. The quantitative estimate of drug-likeness (QED) is 0.596. The minimum absolute atomic E-state index is 0.127. The van der Waals surface area contributed by atoms with Crippen molar-refractivity contribution in [1.29, 1.82) is 0 Å². The molecule has 1 heterocycles. The molecule has 0 saturated carbocycles. The van der Waals surface area contributed by atoms with Crippen molar-refractivity contribution in [3.63, 3.8) is 0 Å². The lowest BCUT2D eigenvalue weighted by molar-refractivity contribution is 0.807. The molecule has 0 radical (unpaired) electrons. The third kappa shape index (κ3) is 2.94. The Morgan fingerprint density at radius 3 is 2.13 bits per heavy atom. The van der Waals surface area contributed by atoms with Crippen LogP contribution in [0.4, 0.5) is 0 Å². The third-order valence-electron chi connectivity index (χ3n) is 3.63. The molecule has 2 heteroatoms. The van der Waals surface area contributed by atoms with E-state index in [-0.39, 0.29) is 22.6 Å². The van der Waals surface area contributed by atoms with Crippen LogP contribution in [-0.2, 0) is 0 Å². The molecule has 0 aliphatic rings. The second-order valence-electron chi connectivity index (χ2n) is 5.14. The molecule has 0 aliphatic heterocycles. The zero-order valence-electron chi connectivity index (χ0n) is 24.3. The van der Waals surface area contributed by atoms with Crippen molar-refractivity contribution < 1.29 is 16.4 Å². The summed E-state index contributed by atoms with van der Waals surface area (Å²) in [7, 11) is 0. The third-order valence-corrected chi connectivity index (χ3v) is 3.63. The normalized spacial score (nSPS) is 21.3. The van der Waals surface area contributed by atoms with Crippen LogP contribution in [0.25, 0.3) is 17.1 Å². The Labute approximate surface area is 155 Å². The number of aromatic nitrogens is 2. The lowest BCUT2D eigenvalue weighted by atomic mass is 9.92. The van der Waals surface area contributed by atoms with Gasteiger partial charge >= 0.3 is 0 Å². The Morgan fingerprint density at radius 1 is 0.870 bits per heavy atom. The molecule has 23 heavy (non-hydrogen) atoms. The molecule has 2 nitrogen and oxygen atoms in total. The summed E-state index contributed by atoms with van der Waals surface area (Å²) in [5.74, 6) is -3.75. The van der Waals surface area contributed by atoms with Crippen LogP contribution in [0.2, 0.25) is 0 Å². The van der Waals surface area contributed by atoms with Gasteiger partial charge in [0.15, 0.2) is 0 Å². The Kier molecular flexibility index (Phi) is 1.85. The van der Waals surface area contributed by atoms with Gasteiger partial charge < -0.3 is 0 Å². The SMILES string of the molecule is [2H]C([2H])([2H])C(c1cccc(C(C([2H])([2H])[2H])C([2H])([2H])[2H])c1-n1ccnc1-c1ccccc1)C([2H])([2H])[2H]. The Morgan fingerprint density at radius 2 is 1.52 bits per heavy atom. The number of para-hydroxylation sites is 1. The van der Waals surface area contributed by atoms with Crippen molar-refractivity contribution in [1.82, 2.24) is 9.55 Å². The molecule has 0 spiro atoms. The molecule has 3 aromatic rings. The van der Waals surface area contributed by atoms with Gasteiger partial charge in [-0.25, -0.2) is 4.98 Å². The lowest BCUT2D eigenvalue weighted by Crippen LogP contribution is -2.07. The first-order chi connectivity index (χ1) is 15.9. The molecular weight excluding hydrogens is 280 g/mol. The van der Waals surface area contributed by atoms with E-state index >= 15 is 0 Å². The lowest BCUT2D eigenvalue weighted by Gasteiger charge is -2.21. The van der Waals surface area contributed by atoms with E-state index in [4.69, 9.17) is 16.4 Å². The Balaban J connectivity index is 2.49. The van der Waals surface area contributed by atoms with Gasteiger partial charge in [0.2, 0.25) is 0 Å². The molecule has 0 amide bonds. The van der Waals surface area contributed by atoms with E-state index in [1.165, 1.54) is 35.2 Å². The molecule has 0 aliphatic carbocycles. The number of rotatable bonds is 4. The summed E-state index contributed by atoms with van der Waals surface area (Å²) < 4.78 is 97.0. The predicted molar refractivity (Wildman–Crippen MR) is 97.2 cm³/mol. The largest absolute Gasteiger partial charge is 0.299 e. The van der Waals surface area contributed by atoms with Crippen molar-refractivity contribution in [2.45, 2.75) is 39.2 Å². The van der Waals surface area contributed by atoms with Crippen LogP contribution in [0.3, 0.4) is 0 Å². The standard InChI is InChI=1S/C21H24N2/c1-15(2)18-11-8-12-19(16(3)4)20(18)23-14-13-22-21(23)17-9-6-5-7-10-17/h5-16H,1-4H3/i1D3,2D3,3D3,4D3. The van der Waals surface area contributed by atoms with E-state index < -0.39 is 39.2 Å². The van der Waals surface area contributed by atoms with E-state index in [0.29, 0.717) is 5.56 Å². The van der Waals surface area contributed by atoms with Crippen molar-refractivity contribution in [2.75, 3.05) is 0 Å². The second-order valence-corrected chi connectivity index (χ2v) is 5.14. The van der Waals surface area contributed by atoms with E-state index in [0.717, 1.165) is 0 Å². The van der Waals surface area contributed by atoms with Crippen LogP contribution in [0.5, 0.6) is 0 Å². The molecule has 0 N–H and O–H groups in total. The van der Waals surface area contributed by atoms with Crippen LogP contribution in [0.15, 0.2) is 60.9 Å². The number of hydrogen-bond donors (Lipinski definition) is 0. The van der Waals surface area contributed by atoms with Gasteiger partial charge in [-0.2, -0.15) is 0 Å². The topological polar surface area (TPSA) is 17.8 Å². The number of hydrogen-bond acceptors (Lipinski definition) is 1. The van der Waals surface area contributed by atoms with Gasteiger partial charge in [0.05, 0.1) is 5.69 Å². The molecule has 0 atom stereocenters. The van der Waals surface area contributed by atoms with E-state index in [1.54, 1.807) is 30.3 Å². The fourth-order valence-electron chi connectivity index (χ4n) is 2.61. The monoisotopic (exact) mass is 316 g/mol. The van der Waals surface area contributed by atoms with Gasteiger partial charge in [0.25, 0.3) is 0 Å². The van der Waals surface area contributed by atoms with Gasteiger partial charge in [0.1, 0.15) is 5.82 Å². The maximum Gasteiger partial charge on any atom is 0.144 e. The fourth-order valence-corrected chi connectivity index (χ4v) is 2.61. The molecule has 0 fully saturated rings. The first kappa shape index (κ1) is 6.64. The number of benzene rings is 2. The smallest absolute Gasteiger partial charge is 0.144 e. The van der Waals surface area contributed by atoms with E-state index in [1.807, 2.05) is 0 Å². The Hall–Kier alpha value is -2.35. The van der Waals surface area contributed by atoms with Crippen LogP contribution in [0.1, 0.15) is 66.8 Å². The summed E-state index contributed by atoms with van der Waals surface area (Å²) in [4.78, 5) is 4.31. The summed E-state index contributed by atoms with van der Waals surface area (Å²) in [5, 5.41) is 0.